The van der Waals surface area contributed by atoms with Crippen LogP contribution in [0.3, 0.4) is 0 Å². The van der Waals surface area contributed by atoms with Crippen molar-refractivity contribution in [3.8, 4) is 0 Å². The molecule has 1 amide bonds. The molecule has 1 aliphatic heterocycles. The Kier molecular flexibility index (Phi) is 5.66. The molecule has 0 aromatic carbocycles. The zero-order valence-electron chi connectivity index (χ0n) is 14.1. The normalized spacial score (nSPS) is 18.8. The van der Waals surface area contributed by atoms with Gasteiger partial charge in [0.1, 0.15) is 16.6 Å². The second kappa shape index (κ2) is 7.35. The summed E-state index contributed by atoms with van der Waals surface area (Å²) in [6.07, 6.45) is 2.02. The number of hydrogen-bond acceptors (Lipinski definition) is 5. The Bertz CT molecular complexity index is 739. The minimum Gasteiger partial charge on any atom is -0.461 e. The summed E-state index contributed by atoms with van der Waals surface area (Å²) in [6, 6.07) is -0.808. The lowest BCUT2D eigenvalue weighted by atomic mass is 10.1. The van der Waals surface area contributed by atoms with Crippen LogP contribution in [0, 0.1) is 13.8 Å². The largest absolute Gasteiger partial charge is 0.461 e. The molecule has 1 aromatic rings. The fourth-order valence-electron chi connectivity index (χ4n) is 2.84. The van der Waals surface area contributed by atoms with Gasteiger partial charge in [-0.25, -0.2) is 13.2 Å². The standard InChI is InChI=1S/C15H23N3O5S/c1-4-23-15(20)12-9(2)13(10(3)17-12)24(21,22)18-11-7-5-6-8-16-14(11)19/h11,17-18H,4-8H2,1-3H3,(H,16,19). The molecule has 2 heterocycles. The first kappa shape index (κ1) is 18.5. The topological polar surface area (TPSA) is 117 Å². The van der Waals surface area contributed by atoms with Gasteiger partial charge in [-0.05, 0) is 40.0 Å². The molecule has 0 spiro atoms. The number of nitrogens with one attached hydrogen (secondary N) is 3. The second-order valence-electron chi connectivity index (χ2n) is 5.76. The van der Waals surface area contributed by atoms with E-state index in [2.05, 4.69) is 15.0 Å². The third-order valence-electron chi connectivity index (χ3n) is 3.95. The summed E-state index contributed by atoms with van der Waals surface area (Å²) in [6.45, 7) is 5.52. The first-order valence-corrected chi connectivity index (χ1v) is 9.42. The van der Waals surface area contributed by atoms with Gasteiger partial charge >= 0.3 is 5.97 Å². The van der Waals surface area contributed by atoms with Gasteiger partial charge < -0.3 is 15.0 Å². The first-order chi connectivity index (χ1) is 11.3. The number of aromatic amines is 1. The van der Waals surface area contributed by atoms with Crippen LogP contribution in [0.25, 0.3) is 0 Å². The van der Waals surface area contributed by atoms with Crippen LogP contribution >= 0.6 is 0 Å². The van der Waals surface area contributed by atoms with Crippen LogP contribution in [0.4, 0.5) is 0 Å². The van der Waals surface area contributed by atoms with E-state index in [-0.39, 0.29) is 28.7 Å². The molecular formula is C15H23N3O5S. The Labute approximate surface area is 141 Å². The molecule has 1 saturated heterocycles. The molecule has 0 bridgehead atoms. The van der Waals surface area contributed by atoms with Crippen molar-refractivity contribution in [1.82, 2.24) is 15.0 Å². The molecule has 1 aromatic heterocycles. The summed E-state index contributed by atoms with van der Waals surface area (Å²) in [5.74, 6) is -0.931. The average Bonchev–Trinajstić information content (AvgIpc) is 2.67. The summed E-state index contributed by atoms with van der Waals surface area (Å²) >= 11 is 0. The number of esters is 1. The molecular weight excluding hydrogens is 334 g/mol. The van der Waals surface area contributed by atoms with Gasteiger partial charge in [-0.1, -0.05) is 0 Å². The number of ether oxygens (including phenoxy) is 1. The maximum absolute atomic E-state index is 12.7. The quantitative estimate of drug-likeness (QED) is 0.672. The fourth-order valence-corrected chi connectivity index (χ4v) is 4.52. The van der Waals surface area contributed by atoms with Crippen molar-refractivity contribution < 1.29 is 22.7 Å². The van der Waals surface area contributed by atoms with Gasteiger partial charge in [-0.15, -0.1) is 0 Å². The molecule has 2 rings (SSSR count). The molecule has 1 aliphatic rings. The number of hydrogen-bond donors (Lipinski definition) is 3. The third-order valence-corrected chi connectivity index (χ3v) is 5.69. The van der Waals surface area contributed by atoms with Crippen LogP contribution in [-0.4, -0.2) is 44.5 Å². The summed E-state index contributed by atoms with van der Waals surface area (Å²) in [5.41, 5.74) is 0.726. The van der Waals surface area contributed by atoms with Gasteiger partial charge in [0.2, 0.25) is 15.9 Å². The molecule has 1 unspecified atom stereocenters. The second-order valence-corrected chi connectivity index (χ2v) is 7.41. The van der Waals surface area contributed by atoms with E-state index in [1.807, 2.05) is 0 Å². The SMILES string of the molecule is CCOC(=O)c1[nH]c(C)c(S(=O)(=O)NC2CCCCNC2=O)c1C. The number of aromatic nitrogens is 1. The maximum Gasteiger partial charge on any atom is 0.355 e. The summed E-state index contributed by atoms with van der Waals surface area (Å²) in [5, 5.41) is 2.69. The van der Waals surface area contributed by atoms with Crippen molar-refractivity contribution in [2.45, 2.75) is 51.0 Å². The zero-order valence-corrected chi connectivity index (χ0v) is 14.9. The molecule has 134 valence electrons. The lowest BCUT2D eigenvalue weighted by Gasteiger charge is -2.16. The monoisotopic (exact) mass is 357 g/mol. The predicted molar refractivity (Wildman–Crippen MR) is 87.2 cm³/mol. The Morgan fingerprint density at radius 2 is 2.04 bits per heavy atom. The van der Waals surface area contributed by atoms with E-state index in [9.17, 15) is 18.0 Å². The number of aryl methyl sites for hydroxylation is 1. The molecule has 3 N–H and O–H groups in total. The molecule has 1 atom stereocenters. The van der Waals surface area contributed by atoms with E-state index < -0.39 is 22.0 Å². The number of rotatable bonds is 5. The summed E-state index contributed by atoms with van der Waals surface area (Å²) in [4.78, 5) is 26.6. The van der Waals surface area contributed by atoms with Crippen LogP contribution in [0.5, 0.6) is 0 Å². The van der Waals surface area contributed by atoms with Crippen LogP contribution in [0.2, 0.25) is 0 Å². The number of carbonyl (C=O) groups is 2. The van der Waals surface area contributed by atoms with Crippen LogP contribution < -0.4 is 10.0 Å². The first-order valence-electron chi connectivity index (χ1n) is 7.94. The third kappa shape index (κ3) is 3.78. The highest BCUT2D eigenvalue weighted by molar-refractivity contribution is 7.89. The smallest absolute Gasteiger partial charge is 0.355 e. The van der Waals surface area contributed by atoms with E-state index in [1.54, 1.807) is 13.8 Å². The molecule has 0 aliphatic carbocycles. The zero-order chi connectivity index (χ0) is 17.9. The van der Waals surface area contributed by atoms with Gasteiger partial charge in [0.05, 0.1) is 6.61 Å². The Morgan fingerprint density at radius 1 is 1.33 bits per heavy atom. The number of carbonyl (C=O) groups excluding carboxylic acids is 2. The van der Waals surface area contributed by atoms with E-state index in [4.69, 9.17) is 4.74 Å². The van der Waals surface area contributed by atoms with E-state index in [0.717, 1.165) is 12.8 Å². The number of H-pyrrole nitrogens is 1. The van der Waals surface area contributed by atoms with E-state index in [1.165, 1.54) is 6.92 Å². The van der Waals surface area contributed by atoms with Gasteiger partial charge in [0, 0.05) is 17.8 Å². The minimum absolute atomic E-state index is 0.0115. The fraction of sp³-hybridized carbons (Fsp3) is 0.600. The van der Waals surface area contributed by atoms with Crippen molar-refractivity contribution >= 4 is 21.9 Å². The lowest BCUT2D eigenvalue weighted by Crippen LogP contribution is -2.45. The van der Waals surface area contributed by atoms with Gasteiger partial charge in [-0.2, -0.15) is 4.72 Å². The Balaban J connectivity index is 2.32. The van der Waals surface area contributed by atoms with Crippen molar-refractivity contribution in [2.75, 3.05) is 13.2 Å². The Morgan fingerprint density at radius 3 is 2.71 bits per heavy atom. The van der Waals surface area contributed by atoms with Gasteiger partial charge in [0.25, 0.3) is 0 Å². The molecule has 9 heteroatoms. The summed E-state index contributed by atoms with van der Waals surface area (Å²) < 4.78 is 32.8. The van der Waals surface area contributed by atoms with Crippen molar-refractivity contribution in [1.29, 1.82) is 0 Å². The van der Waals surface area contributed by atoms with E-state index >= 15 is 0 Å². The van der Waals surface area contributed by atoms with E-state index in [0.29, 0.717) is 18.7 Å². The van der Waals surface area contributed by atoms with Gasteiger partial charge in [0.15, 0.2) is 0 Å². The molecule has 0 radical (unpaired) electrons. The Hall–Kier alpha value is -1.87. The number of amides is 1. The van der Waals surface area contributed by atoms with Crippen LogP contribution in [0.15, 0.2) is 4.90 Å². The highest BCUT2D eigenvalue weighted by Crippen LogP contribution is 2.24. The lowest BCUT2D eigenvalue weighted by molar-refractivity contribution is -0.122. The minimum atomic E-state index is -3.95. The maximum atomic E-state index is 12.7. The van der Waals surface area contributed by atoms with Crippen molar-refractivity contribution in [3.63, 3.8) is 0 Å². The molecule has 24 heavy (non-hydrogen) atoms. The summed E-state index contributed by atoms with van der Waals surface area (Å²) in [7, 11) is -3.95. The molecule has 0 saturated carbocycles. The highest BCUT2D eigenvalue weighted by Gasteiger charge is 2.31. The average molecular weight is 357 g/mol. The predicted octanol–water partition coefficient (Wildman–Crippen LogP) is 0.755. The number of sulfonamides is 1. The highest BCUT2D eigenvalue weighted by atomic mass is 32.2. The van der Waals surface area contributed by atoms with Crippen molar-refractivity contribution in [3.05, 3.63) is 17.0 Å². The van der Waals surface area contributed by atoms with Crippen LogP contribution in [0.1, 0.15) is 47.9 Å². The van der Waals surface area contributed by atoms with Crippen LogP contribution in [-0.2, 0) is 19.6 Å². The molecule has 8 nitrogen and oxygen atoms in total. The van der Waals surface area contributed by atoms with Crippen molar-refractivity contribution in [2.24, 2.45) is 0 Å². The molecule has 1 fully saturated rings. The van der Waals surface area contributed by atoms with Gasteiger partial charge in [-0.3, -0.25) is 4.79 Å².